The first-order valence-electron chi connectivity index (χ1n) is 6.29. The maximum absolute atomic E-state index is 6.37. The van der Waals surface area contributed by atoms with Crippen LogP contribution < -0.4 is 5.73 Å². The molecule has 3 heteroatoms. The molecule has 0 saturated heterocycles. The van der Waals surface area contributed by atoms with Crippen LogP contribution in [0, 0.1) is 0 Å². The molecule has 0 radical (unpaired) electrons. The number of likely N-dealkylation sites (N-methyl/N-ethyl adjacent to an activating group) is 1. The van der Waals surface area contributed by atoms with Crippen molar-refractivity contribution in [1.82, 2.24) is 4.90 Å². The first kappa shape index (κ1) is 12.9. The Morgan fingerprint density at radius 1 is 1.24 bits per heavy atom. The topological polar surface area (TPSA) is 29.3 Å². The van der Waals surface area contributed by atoms with Crippen molar-refractivity contribution in [1.29, 1.82) is 0 Å². The van der Waals surface area contributed by atoms with Gasteiger partial charge in [-0.05, 0) is 37.6 Å². The van der Waals surface area contributed by atoms with Crippen molar-refractivity contribution in [3.8, 4) is 0 Å². The number of halogens is 1. The summed E-state index contributed by atoms with van der Waals surface area (Å²) in [5.74, 6) is 0. The lowest BCUT2D eigenvalue weighted by Crippen LogP contribution is -2.46. The smallest absolute Gasteiger partial charge is 0.0406 e. The van der Waals surface area contributed by atoms with Gasteiger partial charge in [-0.2, -0.15) is 0 Å². The molecule has 2 N–H and O–H groups in total. The average molecular weight is 253 g/mol. The Labute approximate surface area is 109 Å². The van der Waals surface area contributed by atoms with E-state index >= 15 is 0 Å². The summed E-state index contributed by atoms with van der Waals surface area (Å²) in [4.78, 5) is 2.31. The summed E-state index contributed by atoms with van der Waals surface area (Å²) in [5.41, 5.74) is 7.71. The van der Waals surface area contributed by atoms with Crippen LogP contribution in [0.4, 0.5) is 0 Å². The van der Waals surface area contributed by atoms with Crippen molar-refractivity contribution in [2.24, 2.45) is 5.73 Å². The normalized spacial score (nSPS) is 18.8. The molecule has 1 fully saturated rings. The number of hydrogen-bond acceptors (Lipinski definition) is 2. The molecule has 1 saturated carbocycles. The highest BCUT2D eigenvalue weighted by Crippen LogP contribution is 2.28. The first-order chi connectivity index (χ1) is 8.07. The SMILES string of the molecule is CN(Cc1ccc(Cl)cc1)CC1(N)CCCC1. The van der Waals surface area contributed by atoms with Gasteiger partial charge in [0.15, 0.2) is 0 Å². The van der Waals surface area contributed by atoms with Crippen molar-refractivity contribution in [2.75, 3.05) is 13.6 Å². The van der Waals surface area contributed by atoms with Gasteiger partial charge in [0.2, 0.25) is 0 Å². The van der Waals surface area contributed by atoms with Crippen molar-refractivity contribution >= 4 is 11.6 Å². The molecule has 0 amide bonds. The van der Waals surface area contributed by atoms with E-state index in [1.54, 1.807) is 0 Å². The molecule has 94 valence electrons. The second-order valence-electron chi connectivity index (χ2n) is 5.37. The molecule has 2 rings (SSSR count). The molecule has 0 unspecified atom stereocenters. The summed E-state index contributed by atoms with van der Waals surface area (Å²) in [6.07, 6.45) is 4.90. The third-order valence-corrected chi connectivity index (χ3v) is 3.80. The van der Waals surface area contributed by atoms with Crippen molar-refractivity contribution < 1.29 is 0 Å². The Morgan fingerprint density at radius 3 is 2.41 bits per heavy atom. The molecule has 0 bridgehead atoms. The lowest BCUT2D eigenvalue weighted by atomic mass is 9.98. The molecular formula is C14H21ClN2. The van der Waals surface area contributed by atoms with Gasteiger partial charge < -0.3 is 10.6 Å². The zero-order valence-electron chi connectivity index (χ0n) is 10.5. The van der Waals surface area contributed by atoms with E-state index in [0.29, 0.717) is 0 Å². The minimum absolute atomic E-state index is 0.0428. The Bertz CT molecular complexity index is 355. The molecule has 2 nitrogen and oxygen atoms in total. The van der Waals surface area contributed by atoms with E-state index in [0.717, 1.165) is 31.0 Å². The van der Waals surface area contributed by atoms with Crippen LogP contribution in [-0.4, -0.2) is 24.0 Å². The lowest BCUT2D eigenvalue weighted by molar-refractivity contribution is 0.241. The van der Waals surface area contributed by atoms with Gasteiger partial charge in [-0.3, -0.25) is 0 Å². The van der Waals surface area contributed by atoms with Crippen LogP contribution in [0.5, 0.6) is 0 Å². The largest absolute Gasteiger partial charge is 0.324 e. The zero-order valence-corrected chi connectivity index (χ0v) is 11.2. The summed E-state index contributed by atoms with van der Waals surface area (Å²) in [6, 6.07) is 8.05. The van der Waals surface area contributed by atoms with Gasteiger partial charge >= 0.3 is 0 Å². The maximum atomic E-state index is 6.37. The quantitative estimate of drug-likeness (QED) is 0.893. The van der Waals surface area contributed by atoms with Crippen molar-refractivity contribution in [2.45, 2.75) is 37.8 Å². The molecule has 1 aliphatic rings. The van der Waals surface area contributed by atoms with Crippen molar-refractivity contribution in [3.05, 3.63) is 34.9 Å². The Kier molecular flexibility index (Phi) is 4.08. The van der Waals surface area contributed by atoms with Gasteiger partial charge in [-0.25, -0.2) is 0 Å². The number of benzene rings is 1. The molecular weight excluding hydrogens is 232 g/mol. The number of rotatable bonds is 4. The van der Waals surface area contributed by atoms with Crippen LogP contribution in [0.25, 0.3) is 0 Å². The van der Waals surface area contributed by atoms with E-state index in [9.17, 15) is 0 Å². The van der Waals surface area contributed by atoms with E-state index in [-0.39, 0.29) is 5.54 Å². The Morgan fingerprint density at radius 2 is 1.82 bits per heavy atom. The fourth-order valence-corrected chi connectivity index (χ4v) is 2.86. The number of nitrogens with zero attached hydrogens (tertiary/aromatic N) is 1. The van der Waals surface area contributed by atoms with Crippen LogP contribution >= 0.6 is 11.6 Å². The minimum atomic E-state index is 0.0428. The van der Waals surface area contributed by atoms with Crippen LogP contribution in [0.1, 0.15) is 31.2 Å². The zero-order chi connectivity index (χ0) is 12.3. The van der Waals surface area contributed by atoms with Gasteiger partial charge in [0.05, 0.1) is 0 Å². The van der Waals surface area contributed by atoms with Gasteiger partial charge in [0.1, 0.15) is 0 Å². The van der Waals surface area contributed by atoms with Gasteiger partial charge in [0.25, 0.3) is 0 Å². The van der Waals surface area contributed by atoms with Crippen LogP contribution in [-0.2, 0) is 6.54 Å². The van der Waals surface area contributed by atoms with E-state index < -0.39 is 0 Å². The summed E-state index contributed by atoms with van der Waals surface area (Å²) in [7, 11) is 2.14. The van der Waals surface area contributed by atoms with Crippen LogP contribution in [0.2, 0.25) is 5.02 Å². The standard InChI is InChI=1S/C14H21ClN2/c1-17(11-14(16)8-2-3-9-14)10-12-4-6-13(15)7-5-12/h4-7H,2-3,8-11,16H2,1H3. The lowest BCUT2D eigenvalue weighted by Gasteiger charge is -2.29. The molecule has 1 aromatic rings. The Balaban J connectivity index is 1.88. The van der Waals surface area contributed by atoms with E-state index in [1.807, 2.05) is 12.1 Å². The van der Waals surface area contributed by atoms with E-state index in [2.05, 4.69) is 24.1 Å². The fourth-order valence-electron chi connectivity index (χ4n) is 2.73. The summed E-state index contributed by atoms with van der Waals surface area (Å²) < 4.78 is 0. The maximum Gasteiger partial charge on any atom is 0.0406 e. The van der Waals surface area contributed by atoms with Gasteiger partial charge in [-0.15, -0.1) is 0 Å². The number of nitrogens with two attached hydrogens (primary N) is 1. The molecule has 0 aliphatic heterocycles. The predicted molar refractivity (Wildman–Crippen MR) is 73.2 cm³/mol. The summed E-state index contributed by atoms with van der Waals surface area (Å²) in [5, 5.41) is 0.794. The average Bonchev–Trinajstić information content (AvgIpc) is 2.68. The molecule has 1 aromatic carbocycles. The molecule has 1 aliphatic carbocycles. The highest BCUT2D eigenvalue weighted by Gasteiger charge is 2.30. The second kappa shape index (κ2) is 5.38. The van der Waals surface area contributed by atoms with Gasteiger partial charge in [0, 0.05) is 23.7 Å². The number of hydrogen-bond donors (Lipinski definition) is 1. The molecule has 0 atom stereocenters. The predicted octanol–water partition coefficient (Wildman–Crippen LogP) is 3.04. The molecule has 17 heavy (non-hydrogen) atoms. The highest BCUT2D eigenvalue weighted by molar-refractivity contribution is 6.30. The van der Waals surface area contributed by atoms with Gasteiger partial charge in [-0.1, -0.05) is 36.6 Å². The molecule has 0 heterocycles. The van der Waals surface area contributed by atoms with Crippen LogP contribution in [0.3, 0.4) is 0 Å². The monoisotopic (exact) mass is 252 g/mol. The van der Waals surface area contributed by atoms with Crippen molar-refractivity contribution in [3.63, 3.8) is 0 Å². The first-order valence-corrected chi connectivity index (χ1v) is 6.67. The van der Waals surface area contributed by atoms with E-state index in [4.69, 9.17) is 17.3 Å². The van der Waals surface area contributed by atoms with E-state index in [1.165, 1.54) is 18.4 Å². The highest BCUT2D eigenvalue weighted by atomic mass is 35.5. The summed E-state index contributed by atoms with van der Waals surface area (Å²) >= 11 is 5.87. The third-order valence-electron chi connectivity index (χ3n) is 3.55. The molecule has 0 aromatic heterocycles. The second-order valence-corrected chi connectivity index (χ2v) is 5.80. The molecule has 0 spiro atoms. The van der Waals surface area contributed by atoms with Crippen LogP contribution in [0.15, 0.2) is 24.3 Å². The Hall–Kier alpha value is -0.570. The third kappa shape index (κ3) is 3.70. The summed E-state index contributed by atoms with van der Waals surface area (Å²) in [6.45, 7) is 1.92. The fraction of sp³-hybridized carbons (Fsp3) is 0.571. The minimum Gasteiger partial charge on any atom is -0.324 e.